The molecule has 0 fully saturated rings. The van der Waals surface area contributed by atoms with Crippen LogP contribution in [0, 0.1) is 6.26 Å². The largest absolute Gasteiger partial charge is 0.599 e. The van der Waals surface area contributed by atoms with Gasteiger partial charge < -0.3 is 4.42 Å². The molecule has 0 amide bonds. The summed E-state index contributed by atoms with van der Waals surface area (Å²) in [7, 11) is 0. The Morgan fingerprint density at radius 2 is 2.33 bits per heavy atom. The van der Waals surface area contributed by atoms with E-state index in [0.717, 1.165) is 0 Å². The molecule has 0 radical (unpaired) electrons. The standard InChI is InChI=1S/C4H3O.Ti/c1-2-4-5-3-1;/h1-3H;/q-1;. The van der Waals surface area contributed by atoms with Crippen LogP contribution in [0.2, 0.25) is 0 Å². The van der Waals surface area contributed by atoms with Crippen LogP contribution in [0.1, 0.15) is 0 Å². The maximum atomic E-state index is 4.46. The van der Waals surface area contributed by atoms with Crippen molar-refractivity contribution in [2.24, 2.45) is 0 Å². The molecule has 1 heterocycles. The zero-order valence-corrected chi connectivity index (χ0v) is 4.70. The summed E-state index contributed by atoms with van der Waals surface area (Å²) in [5.74, 6) is 0. The quantitative estimate of drug-likeness (QED) is 0.364. The van der Waals surface area contributed by atoms with Gasteiger partial charge in [0, 0.05) is 21.7 Å². The van der Waals surface area contributed by atoms with Crippen LogP contribution >= 0.6 is 0 Å². The minimum Gasteiger partial charge on any atom is -0.599 e. The van der Waals surface area contributed by atoms with Crippen molar-refractivity contribution in [1.29, 1.82) is 0 Å². The molecule has 30 valence electrons. The van der Waals surface area contributed by atoms with E-state index >= 15 is 0 Å². The minimum atomic E-state index is 0. The Kier molecular flexibility index (Phi) is 3.19. The Bertz CT molecular complexity index is 64.0. The fraction of sp³-hybridized carbons (Fsp3) is 0. The van der Waals surface area contributed by atoms with Gasteiger partial charge in [-0.25, -0.2) is 0 Å². The van der Waals surface area contributed by atoms with Crippen LogP contribution in [-0.2, 0) is 21.7 Å². The van der Waals surface area contributed by atoms with Gasteiger partial charge in [0.1, 0.15) is 0 Å². The van der Waals surface area contributed by atoms with E-state index in [2.05, 4.69) is 10.7 Å². The van der Waals surface area contributed by atoms with E-state index in [1.54, 1.807) is 18.4 Å². The molecule has 0 aromatic carbocycles. The van der Waals surface area contributed by atoms with E-state index in [9.17, 15) is 0 Å². The third kappa shape index (κ3) is 1.44. The molecule has 1 nitrogen and oxygen atoms in total. The third-order valence-corrected chi connectivity index (χ3v) is 0.379. The van der Waals surface area contributed by atoms with Crippen LogP contribution in [-0.4, -0.2) is 0 Å². The summed E-state index contributed by atoms with van der Waals surface area (Å²) in [5, 5.41) is 0. The second-order valence-corrected chi connectivity index (χ2v) is 0.731. The van der Waals surface area contributed by atoms with Gasteiger partial charge in [-0.05, 0) is 6.26 Å². The normalized spacial score (nSPS) is 6.67. The summed E-state index contributed by atoms with van der Waals surface area (Å²) in [6.07, 6.45) is 4.06. The van der Waals surface area contributed by atoms with Gasteiger partial charge in [0.05, 0.1) is 0 Å². The molecule has 1 aromatic heterocycles. The molecule has 0 atom stereocenters. The van der Waals surface area contributed by atoms with Crippen LogP contribution in [0.5, 0.6) is 0 Å². The van der Waals surface area contributed by atoms with Gasteiger partial charge in [-0.15, -0.1) is 6.07 Å². The first-order chi connectivity index (χ1) is 2.50. The number of furan rings is 1. The molecule has 2 heteroatoms. The Labute approximate surface area is 51.2 Å². The summed E-state index contributed by atoms with van der Waals surface area (Å²) < 4.78 is 4.46. The molecule has 0 N–H and O–H groups in total. The fourth-order valence-corrected chi connectivity index (χ4v) is 0.196. The van der Waals surface area contributed by atoms with Gasteiger partial charge in [0.15, 0.2) is 0 Å². The predicted molar refractivity (Wildman–Crippen MR) is 17.5 cm³/mol. The molecule has 1 aromatic rings. The van der Waals surface area contributed by atoms with E-state index in [1.807, 2.05) is 0 Å². The molecule has 0 unspecified atom stereocenters. The first-order valence-electron chi connectivity index (χ1n) is 1.40. The Balaban J connectivity index is 0.000000250. The van der Waals surface area contributed by atoms with Crippen LogP contribution in [0.25, 0.3) is 0 Å². The van der Waals surface area contributed by atoms with E-state index in [4.69, 9.17) is 0 Å². The van der Waals surface area contributed by atoms with Crippen molar-refractivity contribution in [2.75, 3.05) is 0 Å². The fourth-order valence-electron chi connectivity index (χ4n) is 0.196. The molecule has 0 aliphatic heterocycles. The number of rotatable bonds is 0. The van der Waals surface area contributed by atoms with Crippen LogP contribution < -0.4 is 0 Å². The predicted octanol–water partition coefficient (Wildman–Crippen LogP) is 1.08. The molecule has 0 saturated heterocycles. The van der Waals surface area contributed by atoms with Crippen molar-refractivity contribution in [2.45, 2.75) is 0 Å². The Hall–Kier alpha value is -0.00571. The molecule has 0 spiro atoms. The first kappa shape index (κ1) is 5.99. The van der Waals surface area contributed by atoms with Crippen LogP contribution in [0.3, 0.4) is 0 Å². The van der Waals surface area contributed by atoms with Crippen molar-refractivity contribution in [1.82, 2.24) is 0 Å². The average molecular weight is 115 g/mol. The summed E-state index contributed by atoms with van der Waals surface area (Å²) in [6, 6.07) is 3.49. The molecule has 1 rings (SSSR count). The van der Waals surface area contributed by atoms with Crippen LogP contribution in [0.4, 0.5) is 0 Å². The maximum Gasteiger partial charge on any atom is 0 e. The summed E-state index contributed by atoms with van der Waals surface area (Å²) in [6.45, 7) is 0. The van der Waals surface area contributed by atoms with Gasteiger partial charge in [0.25, 0.3) is 0 Å². The zero-order valence-electron chi connectivity index (χ0n) is 3.14. The van der Waals surface area contributed by atoms with E-state index < -0.39 is 0 Å². The van der Waals surface area contributed by atoms with Crippen molar-refractivity contribution in [3.63, 3.8) is 0 Å². The van der Waals surface area contributed by atoms with Gasteiger partial charge in [0.2, 0.25) is 0 Å². The Morgan fingerprint density at radius 1 is 1.50 bits per heavy atom. The molecule has 0 bridgehead atoms. The number of hydrogen-bond acceptors (Lipinski definition) is 1. The molecular weight excluding hydrogens is 112 g/mol. The average Bonchev–Trinajstić information content (AvgIpc) is 1.76. The maximum absolute atomic E-state index is 4.46. The van der Waals surface area contributed by atoms with Crippen LogP contribution in [0.15, 0.2) is 22.8 Å². The van der Waals surface area contributed by atoms with E-state index in [0.29, 0.717) is 0 Å². The smallest absolute Gasteiger partial charge is 0 e. The molecular formula is C4H3OTi-. The molecule has 0 aliphatic rings. The van der Waals surface area contributed by atoms with Crippen molar-refractivity contribution < 1.29 is 26.1 Å². The Morgan fingerprint density at radius 3 is 2.50 bits per heavy atom. The van der Waals surface area contributed by atoms with Crippen molar-refractivity contribution in [3.8, 4) is 0 Å². The number of hydrogen-bond donors (Lipinski definition) is 0. The second kappa shape index (κ2) is 3.19. The van der Waals surface area contributed by atoms with Gasteiger partial charge in [-0.1, -0.05) is 6.26 Å². The van der Waals surface area contributed by atoms with Gasteiger partial charge in [-0.3, -0.25) is 0 Å². The first-order valence-corrected chi connectivity index (χ1v) is 1.40. The summed E-state index contributed by atoms with van der Waals surface area (Å²) in [4.78, 5) is 0. The van der Waals surface area contributed by atoms with Crippen molar-refractivity contribution in [3.05, 3.63) is 24.7 Å². The molecule has 0 aliphatic carbocycles. The van der Waals surface area contributed by atoms with Gasteiger partial charge >= 0.3 is 0 Å². The third-order valence-electron chi connectivity index (χ3n) is 0.379. The summed E-state index contributed by atoms with van der Waals surface area (Å²) >= 11 is 0. The molecule has 0 saturated carbocycles. The summed E-state index contributed by atoms with van der Waals surface area (Å²) in [5.41, 5.74) is 0. The SMILES string of the molecule is [Ti].[c-]1ccco1. The zero-order chi connectivity index (χ0) is 3.54. The van der Waals surface area contributed by atoms with Gasteiger partial charge in [-0.2, -0.15) is 6.07 Å². The van der Waals surface area contributed by atoms with Crippen molar-refractivity contribution >= 4 is 0 Å². The minimum absolute atomic E-state index is 0. The topological polar surface area (TPSA) is 13.1 Å². The monoisotopic (exact) mass is 115 g/mol. The van der Waals surface area contributed by atoms with E-state index in [1.165, 1.54) is 0 Å². The van der Waals surface area contributed by atoms with E-state index in [-0.39, 0.29) is 21.7 Å². The second-order valence-electron chi connectivity index (χ2n) is 0.731. The molecule has 6 heavy (non-hydrogen) atoms.